The summed E-state index contributed by atoms with van der Waals surface area (Å²) >= 11 is 0. The number of piperidine rings is 1. The minimum atomic E-state index is 0.152. The molecular formula is C16H21NO. The van der Waals surface area contributed by atoms with Crippen molar-refractivity contribution in [3.63, 3.8) is 0 Å². The zero-order chi connectivity index (χ0) is 12.5. The molecule has 1 aromatic rings. The summed E-state index contributed by atoms with van der Waals surface area (Å²) in [7, 11) is 0. The molecule has 0 spiro atoms. The zero-order valence-corrected chi connectivity index (χ0v) is 11.1. The van der Waals surface area contributed by atoms with Crippen molar-refractivity contribution in [1.29, 1.82) is 0 Å². The predicted molar refractivity (Wildman–Crippen MR) is 74.2 cm³/mol. The van der Waals surface area contributed by atoms with E-state index in [1.54, 1.807) is 6.92 Å². The van der Waals surface area contributed by atoms with Gasteiger partial charge in [0.1, 0.15) is 0 Å². The number of rotatable bonds is 2. The molecule has 1 aromatic carbocycles. The summed E-state index contributed by atoms with van der Waals surface area (Å²) in [4.78, 5) is 13.9. The van der Waals surface area contributed by atoms with Gasteiger partial charge >= 0.3 is 0 Å². The molecule has 0 radical (unpaired) electrons. The third-order valence-corrected chi connectivity index (χ3v) is 4.60. The van der Waals surface area contributed by atoms with Gasteiger partial charge in [0, 0.05) is 23.8 Å². The van der Waals surface area contributed by atoms with E-state index in [1.165, 1.54) is 44.3 Å². The highest BCUT2D eigenvalue weighted by Gasteiger charge is 2.34. The van der Waals surface area contributed by atoms with Crippen LogP contribution in [0.25, 0.3) is 0 Å². The van der Waals surface area contributed by atoms with E-state index < -0.39 is 0 Å². The van der Waals surface area contributed by atoms with Crippen LogP contribution in [0.3, 0.4) is 0 Å². The number of hydrogen-bond donors (Lipinski definition) is 0. The standard InChI is InChI=1S/C16H21NO/c1-12(18)13-7-9-15(10-8-13)17-11-3-5-14-4-2-6-16(14)17/h7-10,14,16H,2-6,11H2,1H3. The smallest absolute Gasteiger partial charge is 0.159 e. The molecule has 2 nitrogen and oxygen atoms in total. The molecule has 0 bridgehead atoms. The Morgan fingerprint density at radius 1 is 1.11 bits per heavy atom. The number of carbonyl (C=O) groups excluding carboxylic acids is 1. The van der Waals surface area contributed by atoms with Gasteiger partial charge in [-0.15, -0.1) is 0 Å². The second-order valence-corrected chi connectivity index (χ2v) is 5.70. The molecule has 18 heavy (non-hydrogen) atoms. The molecule has 1 aliphatic carbocycles. The van der Waals surface area contributed by atoms with Gasteiger partial charge in [0.2, 0.25) is 0 Å². The maximum absolute atomic E-state index is 11.3. The number of hydrogen-bond acceptors (Lipinski definition) is 2. The van der Waals surface area contributed by atoms with E-state index >= 15 is 0 Å². The Balaban J connectivity index is 1.82. The van der Waals surface area contributed by atoms with E-state index in [1.807, 2.05) is 12.1 Å². The topological polar surface area (TPSA) is 20.3 Å². The quantitative estimate of drug-likeness (QED) is 0.739. The Hall–Kier alpha value is -1.31. The molecule has 1 saturated heterocycles. The monoisotopic (exact) mass is 243 g/mol. The van der Waals surface area contributed by atoms with Gasteiger partial charge in [0.05, 0.1) is 0 Å². The fraction of sp³-hybridized carbons (Fsp3) is 0.562. The first-order chi connectivity index (χ1) is 8.75. The minimum absolute atomic E-state index is 0.152. The van der Waals surface area contributed by atoms with Gasteiger partial charge in [0.25, 0.3) is 0 Å². The average molecular weight is 243 g/mol. The van der Waals surface area contributed by atoms with Gasteiger partial charge in [-0.25, -0.2) is 0 Å². The highest BCUT2D eigenvalue weighted by molar-refractivity contribution is 5.94. The van der Waals surface area contributed by atoms with Crippen molar-refractivity contribution in [2.75, 3.05) is 11.4 Å². The summed E-state index contributed by atoms with van der Waals surface area (Å²) in [6, 6.07) is 8.93. The first kappa shape index (κ1) is 11.8. The van der Waals surface area contributed by atoms with Crippen LogP contribution in [0.1, 0.15) is 49.4 Å². The Morgan fingerprint density at radius 2 is 1.83 bits per heavy atom. The van der Waals surface area contributed by atoms with Crippen molar-refractivity contribution in [2.45, 2.75) is 45.1 Å². The summed E-state index contributed by atoms with van der Waals surface area (Å²) < 4.78 is 0. The van der Waals surface area contributed by atoms with Crippen LogP contribution < -0.4 is 4.90 Å². The van der Waals surface area contributed by atoms with Crippen LogP contribution in [0.4, 0.5) is 5.69 Å². The highest BCUT2D eigenvalue weighted by Crippen LogP contribution is 2.39. The summed E-state index contributed by atoms with van der Waals surface area (Å²) in [5, 5.41) is 0. The molecule has 2 heteroatoms. The van der Waals surface area contributed by atoms with Crippen molar-refractivity contribution < 1.29 is 4.79 Å². The predicted octanol–water partition coefficient (Wildman–Crippen LogP) is 3.66. The van der Waals surface area contributed by atoms with E-state index in [4.69, 9.17) is 0 Å². The SMILES string of the molecule is CC(=O)c1ccc(N2CCCC3CCCC32)cc1. The lowest BCUT2D eigenvalue weighted by Gasteiger charge is -2.39. The molecule has 2 aliphatic rings. The summed E-state index contributed by atoms with van der Waals surface area (Å²) in [5.41, 5.74) is 2.12. The van der Waals surface area contributed by atoms with Crippen LogP contribution in [0.2, 0.25) is 0 Å². The van der Waals surface area contributed by atoms with Gasteiger partial charge in [-0.2, -0.15) is 0 Å². The molecular weight excluding hydrogens is 222 g/mol. The van der Waals surface area contributed by atoms with E-state index in [-0.39, 0.29) is 5.78 Å². The Labute approximate surface area is 109 Å². The normalized spacial score (nSPS) is 27.1. The lowest BCUT2D eigenvalue weighted by atomic mass is 9.91. The Morgan fingerprint density at radius 3 is 2.56 bits per heavy atom. The molecule has 1 aliphatic heterocycles. The molecule has 0 amide bonds. The largest absolute Gasteiger partial charge is 0.368 e. The number of fused-ring (bicyclic) bond motifs is 1. The van der Waals surface area contributed by atoms with Crippen molar-refractivity contribution in [2.24, 2.45) is 5.92 Å². The number of benzene rings is 1. The van der Waals surface area contributed by atoms with Crippen LogP contribution in [-0.4, -0.2) is 18.4 Å². The first-order valence-electron chi connectivity index (χ1n) is 7.13. The maximum atomic E-state index is 11.3. The summed E-state index contributed by atoms with van der Waals surface area (Å²) in [5.74, 6) is 1.06. The zero-order valence-electron chi connectivity index (χ0n) is 11.1. The van der Waals surface area contributed by atoms with Gasteiger partial charge in [0.15, 0.2) is 5.78 Å². The fourth-order valence-electron chi connectivity index (χ4n) is 3.66. The average Bonchev–Trinajstić information content (AvgIpc) is 2.87. The summed E-state index contributed by atoms with van der Waals surface area (Å²) in [6.45, 7) is 2.81. The third-order valence-electron chi connectivity index (χ3n) is 4.60. The molecule has 3 rings (SSSR count). The third kappa shape index (κ3) is 2.05. The molecule has 2 fully saturated rings. The number of carbonyl (C=O) groups is 1. The lowest BCUT2D eigenvalue weighted by molar-refractivity contribution is 0.101. The molecule has 96 valence electrons. The fourth-order valence-corrected chi connectivity index (χ4v) is 3.66. The second kappa shape index (κ2) is 4.75. The molecule has 1 heterocycles. The van der Waals surface area contributed by atoms with Gasteiger partial charge in [-0.3, -0.25) is 4.79 Å². The molecule has 2 unspecified atom stereocenters. The molecule has 0 aromatic heterocycles. The lowest BCUT2D eigenvalue weighted by Crippen LogP contribution is -2.42. The Bertz CT molecular complexity index is 437. The van der Waals surface area contributed by atoms with Crippen LogP contribution >= 0.6 is 0 Å². The van der Waals surface area contributed by atoms with Crippen molar-refractivity contribution >= 4 is 11.5 Å². The molecule has 0 N–H and O–H groups in total. The van der Waals surface area contributed by atoms with Gasteiger partial charge in [-0.1, -0.05) is 6.42 Å². The number of Topliss-reactive ketones (excluding diaryl/α,β-unsaturated/α-hetero) is 1. The van der Waals surface area contributed by atoms with Crippen LogP contribution in [0, 0.1) is 5.92 Å². The molecule has 1 saturated carbocycles. The van der Waals surface area contributed by atoms with Crippen LogP contribution in [0.5, 0.6) is 0 Å². The summed E-state index contributed by atoms with van der Waals surface area (Å²) in [6.07, 6.45) is 6.87. The number of nitrogens with zero attached hydrogens (tertiary/aromatic N) is 1. The second-order valence-electron chi connectivity index (χ2n) is 5.70. The van der Waals surface area contributed by atoms with Gasteiger partial charge < -0.3 is 4.90 Å². The highest BCUT2D eigenvalue weighted by atomic mass is 16.1. The van der Waals surface area contributed by atoms with E-state index in [0.717, 1.165) is 17.5 Å². The molecule has 2 atom stereocenters. The number of ketones is 1. The first-order valence-corrected chi connectivity index (χ1v) is 7.13. The van der Waals surface area contributed by atoms with Crippen molar-refractivity contribution in [3.8, 4) is 0 Å². The van der Waals surface area contributed by atoms with Crippen molar-refractivity contribution in [3.05, 3.63) is 29.8 Å². The van der Waals surface area contributed by atoms with E-state index in [0.29, 0.717) is 0 Å². The maximum Gasteiger partial charge on any atom is 0.159 e. The van der Waals surface area contributed by atoms with Crippen LogP contribution in [-0.2, 0) is 0 Å². The minimum Gasteiger partial charge on any atom is -0.368 e. The van der Waals surface area contributed by atoms with Crippen molar-refractivity contribution in [1.82, 2.24) is 0 Å². The number of anilines is 1. The van der Waals surface area contributed by atoms with E-state index in [9.17, 15) is 4.79 Å². The van der Waals surface area contributed by atoms with Gasteiger partial charge in [-0.05, 0) is 62.8 Å². The Kier molecular flexibility index (Phi) is 3.11. The van der Waals surface area contributed by atoms with E-state index in [2.05, 4.69) is 17.0 Å². The van der Waals surface area contributed by atoms with Crippen LogP contribution in [0.15, 0.2) is 24.3 Å².